The summed E-state index contributed by atoms with van der Waals surface area (Å²) in [6.45, 7) is 4.03. The number of aromatic nitrogens is 2. The van der Waals surface area contributed by atoms with Crippen molar-refractivity contribution in [1.82, 2.24) is 9.55 Å². The van der Waals surface area contributed by atoms with Crippen LogP contribution in [-0.2, 0) is 0 Å². The van der Waals surface area contributed by atoms with Gasteiger partial charge < -0.3 is 4.57 Å². The number of nitrogens with zero attached hydrogens (tertiary/aromatic N) is 2. The van der Waals surface area contributed by atoms with Gasteiger partial charge in [-0.2, -0.15) is 0 Å². The first-order valence-corrected chi connectivity index (χ1v) is 5.29. The summed E-state index contributed by atoms with van der Waals surface area (Å²) in [7, 11) is 0. The lowest BCUT2D eigenvalue weighted by Gasteiger charge is -2.15. The fraction of sp³-hybridized carbons (Fsp3) is 0.556. The highest BCUT2D eigenvalue weighted by molar-refractivity contribution is 6.32. The van der Waals surface area contributed by atoms with Crippen LogP contribution >= 0.6 is 23.2 Å². The molecule has 5 heteroatoms. The summed E-state index contributed by atoms with van der Waals surface area (Å²) in [5, 5.41) is 0.186. The van der Waals surface area contributed by atoms with Gasteiger partial charge in [-0.25, -0.2) is 4.98 Å². The molecule has 0 aliphatic carbocycles. The summed E-state index contributed by atoms with van der Waals surface area (Å²) < 4.78 is 1.55. The Kier molecular flexibility index (Phi) is 3.96. The highest BCUT2D eigenvalue weighted by Crippen LogP contribution is 2.15. The van der Waals surface area contributed by atoms with Crippen LogP contribution in [0.5, 0.6) is 0 Å². The van der Waals surface area contributed by atoms with E-state index in [0.29, 0.717) is 0 Å². The van der Waals surface area contributed by atoms with Crippen LogP contribution in [0.25, 0.3) is 0 Å². The van der Waals surface area contributed by atoms with Gasteiger partial charge in [0.05, 0.1) is 0 Å². The van der Waals surface area contributed by atoms with Gasteiger partial charge in [0.2, 0.25) is 0 Å². The van der Waals surface area contributed by atoms with Crippen LogP contribution in [0.4, 0.5) is 0 Å². The topological polar surface area (TPSA) is 34.9 Å². The van der Waals surface area contributed by atoms with E-state index in [4.69, 9.17) is 23.2 Å². The summed E-state index contributed by atoms with van der Waals surface area (Å²) in [4.78, 5) is 15.3. The molecule has 0 N–H and O–H groups in total. The first-order chi connectivity index (χ1) is 6.60. The van der Waals surface area contributed by atoms with E-state index < -0.39 is 0 Å². The van der Waals surface area contributed by atoms with Gasteiger partial charge >= 0.3 is 0 Å². The fourth-order valence-corrected chi connectivity index (χ4v) is 1.83. The zero-order valence-corrected chi connectivity index (χ0v) is 9.64. The Labute approximate surface area is 92.7 Å². The van der Waals surface area contributed by atoms with Crippen LogP contribution in [0.2, 0.25) is 10.3 Å². The Balaban J connectivity index is 3.26. The van der Waals surface area contributed by atoms with Crippen molar-refractivity contribution in [2.24, 2.45) is 0 Å². The zero-order valence-electron chi connectivity index (χ0n) is 8.13. The van der Waals surface area contributed by atoms with E-state index in [1.54, 1.807) is 4.57 Å². The lowest BCUT2D eigenvalue weighted by molar-refractivity contribution is 0.456. The predicted octanol–water partition coefficient (Wildman–Crippen LogP) is 2.91. The van der Waals surface area contributed by atoms with Crippen LogP contribution < -0.4 is 5.56 Å². The third-order valence-electron chi connectivity index (χ3n) is 2.20. The molecule has 3 nitrogen and oxygen atoms in total. The molecule has 0 unspecified atom stereocenters. The van der Waals surface area contributed by atoms with E-state index in [2.05, 4.69) is 4.98 Å². The van der Waals surface area contributed by atoms with E-state index in [-0.39, 0.29) is 21.9 Å². The number of halogens is 2. The predicted molar refractivity (Wildman–Crippen MR) is 58.1 cm³/mol. The van der Waals surface area contributed by atoms with Gasteiger partial charge in [-0.05, 0) is 12.8 Å². The van der Waals surface area contributed by atoms with E-state index in [1.165, 1.54) is 6.20 Å². The van der Waals surface area contributed by atoms with Crippen LogP contribution in [0.3, 0.4) is 0 Å². The Morgan fingerprint density at radius 1 is 1.43 bits per heavy atom. The molecule has 0 saturated carbocycles. The monoisotopic (exact) mass is 234 g/mol. The fourth-order valence-electron chi connectivity index (χ4n) is 1.40. The minimum atomic E-state index is -0.273. The van der Waals surface area contributed by atoms with Gasteiger partial charge in [0.15, 0.2) is 5.15 Å². The molecule has 0 aromatic carbocycles. The molecule has 1 rings (SSSR count). The van der Waals surface area contributed by atoms with Gasteiger partial charge in [0.1, 0.15) is 5.15 Å². The van der Waals surface area contributed by atoms with Crippen molar-refractivity contribution in [2.75, 3.05) is 0 Å². The van der Waals surface area contributed by atoms with Crippen molar-refractivity contribution in [1.29, 1.82) is 0 Å². The van der Waals surface area contributed by atoms with Crippen LogP contribution in [0, 0.1) is 0 Å². The van der Waals surface area contributed by atoms with E-state index in [9.17, 15) is 4.79 Å². The van der Waals surface area contributed by atoms with Crippen molar-refractivity contribution in [3.63, 3.8) is 0 Å². The molecule has 0 bridgehead atoms. The summed E-state index contributed by atoms with van der Waals surface area (Å²) in [5.74, 6) is 0. The standard InChI is InChI=1S/C9H12Cl2N2O/c1-3-6(4-2)13-5-7(10)12-8(11)9(13)14/h5-6H,3-4H2,1-2H3. The van der Waals surface area contributed by atoms with Gasteiger partial charge in [0.25, 0.3) is 5.56 Å². The molecule has 0 aliphatic rings. The Hall–Kier alpha value is -0.540. The maximum Gasteiger partial charge on any atom is 0.288 e. The van der Waals surface area contributed by atoms with Crippen molar-refractivity contribution in [3.8, 4) is 0 Å². The van der Waals surface area contributed by atoms with Gasteiger partial charge in [-0.3, -0.25) is 4.79 Å². The first-order valence-electron chi connectivity index (χ1n) is 4.54. The highest BCUT2D eigenvalue weighted by atomic mass is 35.5. The lowest BCUT2D eigenvalue weighted by Crippen LogP contribution is -2.25. The second-order valence-electron chi connectivity index (χ2n) is 3.04. The molecule has 0 aliphatic heterocycles. The molecule has 1 heterocycles. The normalized spacial score (nSPS) is 10.9. The number of hydrogen-bond donors (Lipinski definition) is 0. The maximum absolute atomic E-state index is 11.6. The summed E-state index contributed by atoms with van der Waals surface area (Å²) >= 11 is 11.4. The first kappa shape index (κ1) is 11.5. The second kappa shape index (κ2) is 4.80. The zero-order chi connectivity index (χ0) is 10.7. The maximum atomic E-state index is 11.6. The molecule has 78 valence electrons. The summed E-state index contributed by atoms with van der Waals surface area (Å²) in [5.41, 5.74) is -0.273. The third kappa shape index (κ3) is 2.28. The SMILES string of the molecule is CCC(CC)n1cc(Cl)nc(Cl)c1=O. The minimum Gasteiger partial charge on any atom is -0.307 e. The van der Waals surface area contributed by atoms with E-state index >= 15 is 0 Å². The Morgan fingerprint density at radius 3 is 2.50 bits per heavy atom. The Morgan fingerprint density at radius 2 is 2.00 bits per heavy atom. The van der Waals surface area contributed by atoms with Crippen molar-refractivity contribution < 1.29 is 0 Å². The molecular formula is C9H12Cl2N2O. The molecule has 14 heavy (non-hydrogen) atoms. The molecule has 0 saturated heterocycles. The van der Waals surface area contributed by atoms with E-state index in [0.717, 1.165) is 12.8 Å². The van der Waals surface area contributed by atoms with Crippen LogP contribution in [0.1, 0.15) is 32.7 Å². The number of hydrogen-bond acceptors (Lipinski definition) is 2. The van der Waals surface area contributed by atoms with Crippen LogP contribution in [0.15, 0.2) is 11.0 Å². The van der Waals surface area contributed by atoms with Gasteiger partial charge in [-0.1, -0.05) is 37.0 Å². The van der Waals surface area contributed by atoms with E-state index in [1.807, 2.05) is 13.8 Å². The molecular weight excluding hydrogens is 223 g/mol. The minimum absolute atomic E-state index is 0.0654. The summed E-state index contributed by atoms with van der Waals surface area (Å²) in [6, 6.07) is 0.139. The number of rotatable bonds is 3. The smallest absolute Gasteiger partial charge is 0.288 e. The second-order valence-corrected chi connectivity index (χ2v) is 3.78. The van der Waals surface area contributed by atoms with Gasteiger partial charge in [-0.15, -0.1) is 0 Å². The molecule has 1 aromatic heterocycles. The molecule has 0 amide bonds. The Bertz CT molecular complexity index is 372. The third-order valence-corrected chi connectivity index (χ3v) is 2.63. The molecule has 1 aromatic rings. The summed E-state index contributed by atoms with van der Waals surface area (Å²) in [6.07, 6.45) is 3.27. The van der Waals surface area contributed by atoms with Crippen molar-refractivity contribution >= 4 is 23.2 Å². The quantitative estimate of drug-likeness (QED) is 0.807. The average molecular weight is 235 g/mol. The largest absolute Gasteiger partial charge is 0.307 e. The van der Waals surface area contributed by atoms with Crippen molar-refractivity contribution in [3.05, 3.63) is 26.9 Å². The van der Waals surface area contributed by atoms with Gasteiger partial charge in [0, 0.05) is 12.2 Å². The molecule has 0 spiro atoms. The highest BCUT2D eigenvalue weighted by Gasteiger charge is 2.11. The van der Waals surface area contributed by atoms with Crippen LogP contribution in [-0.4, -0.2) is 9.55 Å². The lowest BCUT2D eigenvalue weighted by atomic mass is 10.2. The average Bonchev–Trinajstić information content (AvgIpc) is 2.15. The molecule has 0 atom stereocenters. The molecule has 0 fully saturated rings. The van der Waals surface area contributed by atoms with Crippen molar-refractivity contribution in [2.45, 2.75) is 32.7 Å². The molecule has 0 radical (unpaired) electrons.